The van der Waals surface area contributed by atoms with Crippen LogP contribution in [0.25, 0.3) is 21.9 Å². The van der Waals surface area contributed by atoms with Crippen molar-refractivity contribution < 1.29 is 9.53 Å². The Kier molecular flexibility index (Phi) is 4.03. The van der Waals surface area contributed by atoms with Gasteiger partial charge in [0.15, 0.2) is 11.9 Å². The first-order valence-corrected chi connectivity index (χ1v) is 7.88. The number of hydrogen-bond donors (Lipinski definition) is 0. The van der Waals surface area contributed by atoms with E-state index in [9.17, 15) is 4.79 Å². The van der Waals surface area contributed by atoms with Crippen LogP contribution in [0.5, 0.6) is 0 Å². The van der Waals surface area contributed by atoms with Crippen molar-refractivity contribution in [1.82, 2.24) is 14.5 Å². The number of nitrogens with zero attached hydrogens (tertiary/aromatic N) is 3. The molecule has 3 rings (SSSR count). The van der Waals surface area contributed by atoms with E-state index in [1.54, 1.807) is 6.20 Å². The summed E-state index contributed by atoms with van der Waals surface area (Å²) in [5, 5.41) is 1.07. The largest absolute Gasteiger partial charge is 0.455 e. The SMILES string of the molecule is CC(=O)OC(C)c1nc2cnc3ccccc3c2n1CC(C)C. The summed E-state index contributed by atoms with van der Waals surface area (Å²) in [7, 11) is 0. The third kappa shape index (κ3) is 2.91. The van der Waals surface area contributed by atoms with Crippen molar-refractivity contribution in [3.63, 3.8) is 0 Å². The standard InChI is InChI=1S/C18H21N3O2/c1-11(2)10-21-17-14-7-5-6-8-15(14)19-9-16(17)20-18(21)12(3)23-13(4)22/h5-9,11-12H,10H2,1-4H3. The van der Waals surface area contributed by atoms with Crippen LogP contribution in [0.3, 0.4) is 0 Å². The Bertz CT molecular complexity index is 867. The average molecular weight is 311 g/mol. The molecule has 2 aromatic heterocycles. The summed E-state index contributed by atoms with van der Waals surface area (Å²) in [4.78, 5) is 20.5. The van der Waals surface area contributed by atoms with Gasteiger partial charge in [0, 0.05) is 18.9 Å². The lowest BCUT2D eigenvalue weighted by atomic mass is 10.1. The predicted octanol–water partition coefficient (Wildman–Crippen LogP) is 3.86. The summed E-state index contributed by atoms with van der Waals surface area (Å²) in [5.74, 6) is 0.910. The number of pyridine rings is 1. The number of ether oxygens (including phenoxy) is 1. The summed E-state index contributed by atoms with van der Waals surface area (Å²) in [6, 6.07) is 8.04. The molecule has 0 saturated carbocycles. The van der Waals surface area contributed by atoms with Crippen molar-refractivity contribution >= 4 is 27.9 Å². The second kappa shape index (κ2) is 5.99. The van der Waals surface area contributed by atoms with E-state index < -0.39 is 6.10 Å². The number of rotatable bonds is 4. The molecule has 23 heavy (non-hydrogen) atoms. The van der Waals surface area contributed by atoms with Gasteiger partial charge in [0.25, 0.3) is 0 Å². The number of aromatic nitrogens is 3. The van der Waals surface area contributed by atoms with Crippen molar-refractivity contribution in [2.45, 2.75) is 40.3 Å². The maximum atomic E-state index is 11.3. The number of benzene rings is 1. The van der Waals surface area contributed by atoms with Gasteiger partial charge in [0.05, 0.1) is 17.2 Å². The van der Waals surface area contributed by atoms with Gasteiger partial charge in [0.2, 0.25) is 0 Å². The Morgan fingerprint density at radius 3 is 2.65 bits per heavy atom. The van der Waals surface area contributed by atoms with Gasteiger partial charge in [-0.05, 0) is 18.9 Å². The molecule has 0 spiro atoms. The first-order chi connectivity index (χ1) is 11.0. The number of imidazole rings is 1. The van der Waals surface area contributed by atoms with Crippen LogP contribution >= 0.6 is 0 Å². The fourth-order valence-corrected chi connectivity index (χ4v) is 2.94. The zero-order chi connectivity index (χ0) is 16.6. The van der Waals surface area contributed by atoms with Crippen LogP contribution < -0.4 is 0 Å². The van der Waals surface area contributed by atoms with E-state index in [0.717, 1.165) is 34.3 Å². The minimum Gasteiger partial charge on any atom is -0.455 e. The zero-order valence-corrected chi connectivity index (χ0v) is 13.9. The van der Waals surface area contributed by atoms with E-state index in [1.165, 1.54) is 6.92 Å². The number of esters is 1. The van der Waals surface area contributed by atoms with Crippen LogP contribution in [0.4, 0.5) is 0 Å². The van der Waals surface area contributed by atoms with E-state index in [4.69, 9.17) is 9.72 Å². The van der Waals surface area contributed by atoms with Crippen molar-refractivity contribution in [3.05, 3.63) is 36.3 Å². The van der Waals surface area contributed by atoms with Gasteiger partial charge in [-0.3, -0.25) is 9.78 Å². The molecule has 0 fully saturated rings. The Morgan fingerprint density at radius 1 is 1.22 bits per heavy atom. The van der Waals surface area contributed by atoms with Crippen LogP contribution in [0.2, 0.25) is 0 Å². The summed E-state index contributed by atoms with van der Waals surface area (Å²) in [6.45, 7) is 8.41. The molecule has 0 aliphatic rings. The van der Waals surface area contributed by atoms with Crippen molar-refractivity contribution in [3.8, 4) is 0 Å². The van der Waals surface area contributed by atoms with Crippen LogP contribution in [0, 0.1) is 5.92 Å². The molecular formula is C18H21N3O2. The van der Waals surface area contributed by atoms with Gasteiger partial charge >= 0.3 is 5.97 Å². The molecule has 1 aromatic carbocycles. The lowest BCUT2D eigenvalue weighted by Crippen LogP contribution is -2.14. The fourth-order valence-electron chi connectivity index (χ4n) is 2.94. The maximum Gasteiger partial charge on any atom is 0.303 e. The van der Waals surface area contributed by atoms with Crippen LogP contribution in [0.1, 0.15) is 39.6 Å². The highest BCUT2D eigenvalue weighted by atomic mass is 16.5. The van der Waals surface area contributed by atoms with E-state index in [1.807, 2.05) is 25.1 Å². The first-order valence-electron chi connectivity index (χ1n) is 7.88. The molecule has 5 heteroatoms. The third-order valence-corrected chi connectivity index (χ3v) is 3.76. The topological polar surface area (TPSA) is 57.0 Å². The zero-order valence-electron chi connectivity index (χ0n) is 13.9. The Labute approximate surface area is 135 Å². The number of para-hydroxylation sites is 1. The van der Waals surface area contributed by atoms with Crippen LogP contribution in [0.15, 0.2) is 30.5 Å². The molecule has 3 aromatic rings. The minimum atomic E-state index is -0.391. The Morgan fingerprint density at radius 2 is 1.96 bits per heavy atom. The smallest absolute Gasteiger partial charge is 0.303 e. The van der Waals surface area contributed by atoms with Gasteiger partial charge in [-0.15, -0.1) is 0 Å². The monoisotopic (exact) mass is 311 g/mol. The molecule has 0 aliphatic carbocycles. The molecule has 1 atom stereocenters. The Balaban J connectivity index is 2.27. The van der Waals surface area contributed by atoms with Gasteiger partial charge in [-0.2, -0.15) is 0 Å². The predicted molar refractivity (Wildman–Crippen MR) is 90.1 cm³/mol. The molecule has 2 heterocycles. The van der Waals surface area contributed by atoms with Crippen molar-refractivity contribution in [1.29, 1.82) is 0 Å². The van der Waals surface area contributed by atoms with Gasteiger partial charge in [0.1, 0.15) is 5.52 Å². The lowest BCUT2D eigenvalue weighted by Gasteiger charge is -2.16. The number of hydrogen-bond acceptors (Lipinski definition) is 4. The summed E-state index contributed by atoms with van der Waals surface area (Å²) < 4.78 is 7.52. The van der Waals surface area contributed by atoms with Gasteiger partial charge in [-0.25, -0.2) is 4.98 Å². The molecule has 1 unspecified atom stereocenters. The second-order valence-electron chi connectivity index (χ2n) is 6.24. The van der Waals surface area contributed by atoms with Crippen molar-refractivity contribution in [2.24, 2.45) is 5.92 Å². The number of carbonyl (C=O) groups excluding carboxylic acids is 1. The minimum absolute atomic E-state index is 0.302. The summed E-state index contributed by atoms with van der Waals surface area (Å²) >= 11 is 0. The highest BCUT2D eigenvalue weighted by Crippen LogP contribution is 2.29. The van der Waals surface area contributed by atoms with E-state index in [-0.39, 0.29) is 5.97 Å². The number of fused-ring (bicyclic) bond motifs is 3. The van der Waals surface area contributed by atoms with E-state index in [0.29, 0.717) is 5.92 Å². The summed E-state index contributed by atoms with van der Waals surface area (Å²) in [5.41, 5.74) is 2.83. The normalized spacial score (nSPS) is 12.9. The molecule has 0 saturated heterocycles. The highest BCUT2D eigenvalue weighted by Gasteiger charge is 2.21. The van der Waals surface area contributed by atoms with Crippen molar-refractivity contribution in [2.75, 3.05) is 0 Å². The average Bonchev–Trinajstić information content (AvgIpc) is 2.85. The quantitative estimate of drug-likeness (QED) is 0.686. The molecular weight excluding hydrogens is 290 g/mol. The molecule has 5 nitrogen and oxygen atoms in total. The van der Waals surface area contributed by atoms with Gasteiger partial charge in [-0.1, -0.05) is 32.0 Å². The molecule has 0 bridgehead atoms. The second-order valence-corrected chi connectivity index (χ2v) is 6.24. The lowest BCUT2D eigenvalue weighted by molar-refractivity contribution is -0.146. The van der Waals surface area contributed by atoms with Gasteiger partial charge < -0.3 is 9.30 Å². The molecule has 0 amide bonds. The molecule has 0 aliphatic heterocycles. The maximum absolute atomic E-state index is 11.3. The van der Waals surface area contributed by atoms with Crippen LogP contribution in [-0.4, -0.2) is 20.5 Å². The molecule has 0 radical (unpaired) electrons. The first kappa shape index (κ1) is 15.5. The van der Waals surface area contributed by atoms with Crippen LogP contribution in [-0.2, 0) is 16.1 Å². The fraction of sp³-hybridized carbons (Fsp3) is 0.389. The highest BCUT2D eigenvalue weighted by molar-refractivity contribution is 6.02. The number of carbonyl (C=O) groups is 1. The Hall–Kier alpha value is -2.43. The molecule has 0 N–H and O–H groups in total. The molecule has 120 valence electrons. The van der Waals surface area contributed by atoms with E-state index >= 15 is 0 Å². The van der Waals surface area contributed by atoms with E-state index in [2.05, 4.69) is 29.5 Å². The third-order valence-electron chi connectivity index (χ3n) is 3.76. The summed E-state index contributed by atoms with van der Waals surface area (Å²) in [6.07, 6.45) is 1.40.